The highest BCUT2D eigenvalue weighted by molar-refractivity contribution is 7.13. The van der Waals surface area contributed by atoms with Crippen molar-refractivity contribution in [2.24, 2.45) is 0 Å². The molecule has 0 unspecified atom stereocenters. The number of rotatable bonds is 6. The van der Waals surface area contributed by atoms with Gasteiger partial charge >= 0.3 is 0 Å². The molecular formula is C21H18N4O2S. The molecule has 0 bridgehead atoms. The number of thiophene rings is 1. The maximum atomic E-state index is 12.9. The van der Waals surface area contributed by atoms with Gasteiger partial charge in [0.1, 0.15) is 5.69 Å². The molecule has 0 spiro atoms. The van der Waals surface area contributed by atoms with E-state index in [1.165, 1.54) is 0 Å². The molecule has 0 aliphatic heterocycles. The first-order valence-electron chi connectivity index (χ1n) is 8.70. The number of amides is 1. The van der Waals surface area contributed by atoms with Crippen LogP contribution in [0.15, 0.2) is 72.4 Å². The highest BCUT2D eigenvalue weighted by Crippen LogP contribution is 2.27. The summed E-state index contributed by atoms with van der Waals surface area (Å²) < 4.78 is 6.87. The topological polar surface area (TPSA) is 69.0 Å². The maximum Gasteiger partial charge on any atom is 0.255 e. The predicted octanol–water partition coefficient (Wildman–Crippen LogP) is 3.93. The number of aromatic nitrogens is 3. The van der Waals surface area contributed by atoms with Crippen molar-refractivity contribution in [3.63, 3.8) is 0 Å². The molecule has 7 heteroatoms. The average Bonchev–Trinajstić information content (AvgIpc) is 3.42. The minimum atomic E-state index is -0.179. The van der Waals surface area contributed by atoms with E-state index < -0.39 is 0 Å². The van der Waals surface area contributed by atoms with Gasteiger partial charge in [-0.1, -0.05) is 24.3 Å². The molecule has 28 heavy (non-hydrogen) atoms. The molecule has 0 fully saturated rings. The van der Waals surface area contributed by atoms with Crippen LogP contribution < -0.4 is 10.1 Å². The largest absolute Gasteiger partial charge is 0.481 e. The van der Waals surface area contributed by atoms with E-state index in [0.29, 0.717) is 23.7 Å². The van der Waals surface area contributed by atoms with E-state index in [1.54, 1.807) is 41.6 Å². The van der Waals surface area contributed by atoms with Gasteiger partial charge in [0.2, 0.25) is 5.88 Å². The van der Waals surface area contributed by atoms with Crippen molar-refractivity contribution in [1.82, 2.24) is 20.1 Å². The zero-order valence-corrected chi connectivity index (χ0v) is 16.0. The minimum Gasteiger partial charge on any atom is -0.481 e. The van der Waals surface area contributed by atoms with Crippen LogP contribution in [0.4, 0.5) is 0 Å². The van der Waals surface area contributed by atoms with Crippen LogP contribution in [-0.2, 0) is 6.54 Å². The van der Waals surface area contributed by atoms with Gasteiger partial charge in [0, 0.05) is 25.0 Å². The van der Waals surface area contributed by atoms with Gasteiger partial charge in [-0.25, -0.2) is 9.67 Å². The van der Waals surface area contributed by atoms with Crippen LogP contribution in [0.3, 0.4) is 0 Å². The van der Waals surface area contributed by atoms with Crippen molar-refractivity contribution < 1.29 is 9.53 Å². The summed E-state index contributed by atoms with van der Waals surface area (Å²) in [6.45, 7) is 0.373. The van der Waals surface area contributed by atoms with Crippen LogP contribution in [0.2, 0.25) is 0 Å². The van der Waals surface area contributed by atoms with Crippen LogP contribution >= 0.6 is 11.3 Å². The first-order valence-corrected chi connectivity index (χ1v) is 9.58. The molecule has 1 aromatic carbocycles. The second-order valence-electron chi connectivity index (χ2n) is 6.04. The summed E-state index contributed by atoms with van der Waals surface area (Å²) in [5.74, 6) is 0.337. The number of hydrogen-bond acceptors (Lipinski definition) is 5. The van der Waals surface area contributed by atoms with E-state index in [-0.39, 0.29) is 5.91 Å². The molecule has 0 aliphatic carbocycles. The number of pyridine rings is 1. The van der Waals surface area contributed by atoms with Crippen molar-refractivity contribution in [3.8, 4) is 22.1 Å². The molecule has 0 aliphatic rings. The molecule has 140 valence electrons. The summed E-state index contributed by atoms with van der Waals surface area (Å²) >= 11 is 1.55. The van der Waals surface area contributed by atoms with Gasteiger partial charge in [-0.05, 0) is 35.2 Å². The Bertz CT molecular complexity index is 1080. The second kappa shape index (κ2) is 8.06. The molecule has 0 saturated carbocycles. The molecule has 4 rings (SSSR count). The Kier molecular flexibility index (Phi) is 5.16. The fraction of sp³-hybridized carbons (Fsp3) is 0.0952. The Labute approximate surface area is 166 Å². The molecule has 1 amide bonds. The van der Waals surface area contributed by atoms with Crippen LogP contribution in [-0.4, -0.2) is 27.8 Å². The predicted molar refractivity (Wildman–Crippen MR) is 109 cm³/mol. The Balaban J connectivity index is 1.62. The number of nitrogens with zero attached hydrogens (tertiary/aromatic N) is 3. The molecular weight excluding hydrogens is 372 g/mol. The highest BCUT2D eigenvalue weighted by atomic mass is 32.1. The number of methoxy groups -OCH3 is 1. The third kappa shape index (κ3) is 3.79. The number of nitrogens with one attached hydrogen (secondary N) is 1. The summed E-state index contributed by atoms with van der Waals surface area (Å²) in [5.41, 5.74) is 3.02. The van der Waals surface area contributed by atoms with Crippen LogP contribution in [0.25, 0.3) is 16.3 Å². The Morgan fingerprint density at radius 2 is 2.04 bits per heavy atom. The molecule has 0 radical (unpaired) electrons. The van der Waals surface area contributed by atoms with Crippen molar-refractivity contribution in [2.45, 2.75) is 6.54 Å². The standard InChI is InChI=1S/C21H18N4O2S/c1-27-19-12-15(9-10-22-19)13-23-21(26)17-14-25(16-6-3-2-4-7-16)24-20(17)18-8-5-11-28-18/h2-12,14H,13H2,1H3,(H,23,26). The van der Waals surface area contributed by atoms with Gasteiger partial charge in [0.25, 0.3) is 5.91 Å². The Hall–Kier alpha value is -3.45. The maximum absolute atomic E-state index is 12.9. The lowest BCUT2D eigenvalue weighted by Gasteiger charge is -2.06. The first kappa shape index (κ1) is 17.9. The van der Waals surface area contributed by atoms with Crippen molar-refractivity contribution in [2.75, 3.05) is 7.11 Å². The molecule has 6 nitrogen and oxygen atoms in total. The lowest BCUT2D eigenvalue weighted by atomic mass is 10.2. The summed E-state index contributed by atoms with van der Waals surface area (Å²) in [6, 6.07) is 17.3. The van der Waals surface area contributed by atoms with Crippen LogP contribution in [0, 0.1) is 0 Å². The Morgan fingerprint density at radius 3 is 2.79 bits per heavy atom. The van der Waals surface area contributed by atoms with E-state index in [4.69, 9.17) is 4.74 Å². The number of carbonyl (C=O) groups is 1. The normalized spacial score (nSPS) is 10.6. The third-order valence-electron chi connectivity index (χ3n) is 4.20. The smallest absolute Gasteiger partial charge is 0.255 e. The SMILES string of the molecule is COc1cc(CNC(=O)c2cn(-c3ccccc3)nc2-c2cccs2)ccn1. The van der Waals surface area contributed by atoms with E-state index in [9.17, 15) is 4.79 Å². The van der Waals surface area contributed by atoms with Crippen molar-refractivity contribution in [3.05, 3.63) is 83.5 Å². The number of carbonyl (C=O) groups excluding carboxylic acids is 1. The zero-order chi connectivity index (χ0) is 19.3. The first-order chi connectivity index (χ1) is 13.7. The number of ether oxygens (including phenoxy) is 1. The van der Waals surface area contributed by atoms with E-state index >= 15 is 0 Å². The van der Waals surface area contributed by atoms with Gasteiger partial charge in [-0.2, -0.15) is 5.10 Å². The molecule has 4 aromatic rings. The van der Waals surface area contributed by atoms with E-state index in [0.717, 1.165) is 16.1 Å². The molecule has 0 saturated heterocycles. The van der Waals surface area contributed by atoms with Gasteiger partial charge in [0.15, 0.2) is 0 Å². The lowest BCUT2D eigenvalue weighted by Crippen LogP contribution is -2.23. The summed E-state index contributed by atoms with van der Waals surface area (Å²) in [6.07, 6.45) is 3.43. The zero-order valence-electron chi connectivity index (χ0n) is 15.2. The monoisotopic (exact) mass is 390 g/mol. The highest BCUT2D eigenvalue weighted by Gasteiger charge is 2.19. The van der Waals surface area contributed by atoms with Gasteiger partial charge in [-0.15, -0.1) is 11.3 Å². The summed E-state index contributed by atoms with van der Waals surface area (Å²) in [5, 5.41) is 9.60. The summed E-state index contributed by atoms with van der Waals surface area (Å²) in [7, 11) is 1.57. The third-order valence-corrected chi connectivity index (χ3v) is 5.07. The molecule has 3 aromatic heterocycles. The van der Waals surface area contributed by atoms with E-state index in [2.05, 4.69) is 15.4 Å². The lowest BCUT2D eigenvalue weighted by molar-refractivity contribution is 0.0951. The molecule has 1 N–H and O–H groups in total. The van der Waals surface area contributed by atoms with Gasteiger partial charge in [0.05, 0.1) is 23.2 Å². The fourth-order valence-electron chi connectivity index (χ4n) is 2.80. The molecule has 3 heterocycles. The minimum absolute atomic E-state index is 0.179. The van der Waals surface area contributed by atoms with Crippen molar-refractivity contribution >= 4 is 17.2 Å². The van der Waals surface area contributed by atoms with Gasteiger partial charge < -0.3 is 10.1 Å². The van der Waals surface area contributed by atoms with Crippen LogP contribution in [0.1, 0.15) is 15.9 Å². The molecule has 0 atom stereocenters. The second-order valence-corrected chi connectivity index (χ2v) is 6.99. The quantitative estimate of drug-likeness (QED) is 0.542. The van der Waals surface area contributed by atoms with Crippen molar-refractivity contribution in [1.29, 1.82) is 0 Å². The van der Waals surface area contributed by atoms with Gasteiger partial charge in [-0.3, -0.25) is 4.79 Å². The number of benzene rings is 1. The van der Waals surface area contributed by atoms with E-state index in [1.807, 2.05) is 53.9 Å². The fourth-order valence-corrected chi connectivity index (χ4v) is 3.52. The Morgan fingerprint density at radius 1 is 1.18 bits per heavy atom. The summed E-state index contributed by atoms with van der Waals surface area (Å²) in [4.78, 5) is 18.0. The van der Waals surface area contributed by atoms with Crippen LogP contribution in [0.5, 0.6) is 5.88 Å². The average molecular weight is 390 g/mol. The number of hydrogen-bond donors (Lipinski definition) is 1. The number of para-hydroxylation sites is 1.